The number of methoxy groups -OCH3 is 3. The molecule has 0 radical (unpaired) electrons. The highest BCUT2D eigenvalue weighted by atomic mass is 16.5. The zero-order valence-electron chi connectivity index (χ0n) is 17.5. The zero-order chi connectivity index (χ0) is 20.9. The van der Waals surface area contributed by atoms with Crippen LogP contribution in [0.3, 0.4) is 0 Å². The molecule has 4 nitrogen and oxygen atoms in total. The Balaban J connectivity index is 1.82. The molecule has 0 bridgehead atoms. The number of nitrogens with zero attached hydrogens (tertiary/aromatic N) is 1. The lowest BCUT2D eigenvalue weighted by Crippen LogP contribution is -1.96. The summed E-state index contributed by atoms with van der Waals surface area (Å²) in [4.78, 5) is 0. The van der Waals surface area contributed by atoms with Gasteiger partial charge in [0.2, 0.25) is 0 Å². The first-order chi connectivity index (χ1) is 14.7. The van der Waals surface area contributed by atoms with Gasteiger partial charge >= 0.3 is 0 Å². The fourth-order valence-electron chi connectivity index (χ4n) is 3.70. The highest BCUT2D eigenvalue weighted by molar-refractivity contribution is 5.88. The lowest BCUT2D eigenvalue weighted by molar-refractivity contribution is 0.414. The van der Waals surface area contributed by atoms with E-state index in [1.807, 2.05) is 48.5 Å². The molecule has 1 heterocycles. The van der Waals surface area contributed by atoms with Crippen LogP contribution in [0.2, 0.25) is 0 Å². The van der Waals surface area contributed by atoms with E-state index >= 15 is 0 Å². The molecule has 0 N–H and O–H groups in total. The molecule has 152 valence electrons. The first kappa shape index (κ1) is 19.6. The van der Waals surface area contributed by atoms with E-state index in [0.29, 0.717) is 0 Å². The van der Waals surface area contributed by atoms with E-state index in [-0.39, 0.29) is 0 Å². The Kier molecular flexibility index (Phi) is 5.75. The van der Waals surface area contributed by atoms with E-state index in [9.17, 15) is 0 Å². The number of aromatic nitrogens is 1. The largest absolute Gasteiger partial charge is 0.497 e. The van der Waals surface area contributed by atoms with E-state index in [1.165, 1.54) is 5.56 Å². The molecule has 30 heavy (non-hydrogen) atoms. The minimum atomic E-state index is 0.751. The lowest BCUT2D eigenvalue weighted by Gasteiger charge is -2.11. The van der Waals surface area contributed by atoms with Crippen LogP contribution in [-0.2, 0) is 6.54 Å². The zero-order valence-corrected chi connectivity index (χ0v) is 17.5. The van der Waals surface area contributed by atoms with Crippen LogP contribution in [0, 0.1) is 0 Å². The summed E-state index contributed by atoms with van der Waals surface area (Å²) in [5.41, 5.74) is 5.50. The third-order valence-electron chi connectivity index (χ3n) is 5.20. The van der Waals surface area contributed by atoms with E-state index in [4.69, 9.17) is 14.2 Å². The van der Waals surface area contributed by atoms with Gasteiger partial charge in [0.05, 0.1) is 21.3 Å². The van der Waals surface area contributed by atoms with Crippen LogP contribution in [0.15, 0.2) is 85.2 Å². The van der Waals surface area contributed by atoms with Crippen molar-refractivity contribution in [1.29, 1.82) is 0 Å². The molecule has 0 unspecified atom stereocenters. The standard InChI is InChI=1S/C26H25NO3/c1-28-20-14-12-19(13-15-20)16-27-17-23(21-8-4-6-10-25(21)29-2)24(18-27)22-9-5-7-11-26(22)30-3/h4-15,17-18H,16H2,1-3H3. The fourth-order valence-corrected chi connectivity index (χ4v) is 3.70. The summed E-state index contributed by atoms with van der Waals surface area (Å²) in [5, 5.41) is 0. The predicted molar refractivity (Wildman–Crippen MR) is 121 cm³/mol. The van der Waals surface area contributed by atoms with Gasteiger partial charge in [0.1, 0.15) is 17.2 Å². The van der Waals surface area contributed by atoms with Crippen LogP contribution in [0.1, 0.15) is 5.56 Å². The molecule has 4 aromatic rings. The van der Waals surface area contributed by atoms with Crippen molar-refractivity contribution in [2.75, 3.05) is 21.3 Å². The van der Waals surface area contributed by atoms with Gasteiger partial charge in [-0.15, -0.1) is 0 Å². The van der Waals surface area contributed by atoms with Gasteiger partial charge in [-0.3, -0.25) is 0 Å². The average molecular weight is 399 g/mol. The Morgan fingerprint density at radius 3 is 1.53 bits per heavy atom. The van der Waals surface area contributed by atoms with Crippen LogP contribution < -0.4 is 14.2 Å². The smallest absolute Gasteiger partial charge is 0.126 e. The van der Waals surface area contributed by atoms with Crippen molar-refractivity contribution >= 4 is 0 Å². The quantitative estimate of drug-likeness (QED) is 0.388. The second-order valence-electron chi connectivity index (χ2n) is 7.01. The van der Waals surface area contributed by atoms with Crippen LogP contribution in [0.4, 0.5) is 0 Å². The number of ether oxygens (including phenoxy) is 3. The highest BCUT2D eigenvalue weighted by Gasteiger charge is 2.17. The summed E-state index contributed by atoms with van der Waals surface area (Å²) in [5.74, 6) is 2.54. The van der Waals surface area contributed by atoms with Gasteiger partial charge < -0.3 is 18.8 Å². The minimum absolute atomic E-state index is 0.751. The molecule has 1 aromatic heterocycles. The van der Waals surface area contributed by atoms with Crippen molar-refractivity contribution < 1.29 is 14.2 Å². The molecule has 0 saturated carbocycles. The van der Waals surface area contributed by atoms with Crippen molar-refractivity contribution in [1.82, 2.24) is 4.57 Å². The van der Waals surface area contributed by atoms with Crippen molar-refractivity contribution in [2.45, 2.75) is 6.54 Å². The van der Waals surface area contributed by atoms with E-state index in [2.05, 4.69) is 41.2 Å². The normalized spacial score (nSPS) is 10.6. The summed E-state index contributed by atoms with van der Waals surface area (Å²) in [7, 11) is 5.09. The molecule has 0 aliphatic heterocycles. The van der Waals surface area contributed by atoms with E-state index < -0.39 is 0 Å². The molecule has 0 atom stereocenters. The first-order valence-electron chi connectivity index (χ1n) is 9.83. The van der Waals surface area contributed by atoms with Gasteiger partial charge in [0.25, 0.3) is 0 Å². The maximum absolute atomic E-state index is 5.65. The molecule has 0 amide bonds. The average Bonchev–Trinajstić information content (AvgIpc) is 3.22. The Morgan fingerprint density at radius 2 is 1.07 bits per heavy atom. The molecule has 0 spiro atoms. The predicted octanol–water partition coefficient (Wildman–Crippen LogP) is 5.90. The monoisotopic (exact) mass is 399 g/mol. The molecule has 4 rings (SSSR count). The van der Waals surface area contributed by atoms with Crippen molar-refractivity contribution in [3.05, 3.63) is 90.8 Å². The molecular formula is C26H25NO3. The Hall–Kier alpha value is -3.66. The van der Waals surface area contributed by atoms with Gasteiger partial charge in [0, 0.05) is 41.2 Å². The Labute approximate surface area is 177 Å². The van der Waals surface area contributed by atoms with E-state index in [0.717, 1.165) is 46.0 Å². The summed E-state index contributed by atoms with van der Waals surface area (Å²) in [6, 6.07) is 24.3. The highest BCUT2D eigenvalue weighted by Crippen LogP contribution is 2.41. The molecule has 0 aliphatic carbocycles. The van der Waals surface area contributed by atoms with Crippen LogP contribution in [-0.4, -0.2) is 25.9 Å². The molecule has 4 heteroatoms. The minimum Gasteiger partial charge on any atom is -0.497 e. The van der Waals surface area contributed by atoms with Crippen LogP contribution in [0.25, 0.3) is 22.3 Å². The molecule has 0 saturated heterocycles. The van der Waals surface area contributed by atoms with Gasteiger partial charge in [-0.25, -0.2) is 0 Å². The molecule has 3 aromatic carbocycles. The number of rotatable bonds is 7. The maximum atomic E-state index is 5.65. The SMILES string of the molecule is COc1ccc(Cn2cc(-c3ccccc3OC)c(-c3ccccc3OC)c2)cc1. The second-order valence-corrected chi connectivity index (χ2v) is 7.01. The summed E-state index contributed by atoms with van der Waals surface area (Å²) < 4.78 is 18.8. The molecule has 0 aliphatic rings. The third-order valence-corrected chi connectivity index (χ3v) is 5.20. The topological polar surface area (TPSA) is 32.6 Å². The van der Waals surface area contributed by atoms with Crippen LogP contribution in [0.5, 0.6) is 17.2 Å². The van der Waals surface area contributed by atoms with Crippen molar-refractivity contribution in [2.24, 2.45) is 0 Å². The van der Waals surface area contributed by atoms with Gasteiger partial charge in [-0.2, -0.15) is 0 Å². The maximum Gasteiger partial charge on any atom is 0.126 e. The van der Waals surface area contributed by atoms with Gasteiger partial charge in [-0.1, -0.05) is 48.5 Å². The lowest BCUT2D eigenvalue weighted by atomic mass is 9.98. The summed E-state index contributed by atoms with van der Waals surface area (Å²) in [6.07, 6.45) is 4.34. The number of hydrogen-bond acceptors (Lipinski definition) is 3. The molecule has 0 fully saturated rings. The summed E-state index contributed by atoms with van der Waals surface area (Å²) in [6.45, 7) is 0.751. The van der Waals surface area contributed by atoms with E-state index in [1.54, 1.807) is 21.3 Å². The summed E-state index contributed by atoms with van der Waals surface area (Å²) >= 11 is 0. The third kappa shape index (κ3) is 3.90. The van der Waals surface area contributed by atoms with Crippen molar-refractivity contribution in [3.63, 3.8) is 0 Å². The molecular weight excluding hydrogens is 374 g/mol. The van der Waals surface area contributed by atoms with Crippen LogP contribution >= 0.6 is 0 Å². The Bertz CT molecular complexity index is 1060. The number of hydrogen-bond donors (Lipinski definition) is 0. The number of benzene rings is 3. The number of para-hydroxylation sites is 2. The fraction of sp³-hybridized carbons (Fsp3) is 0.154. The van der Waals surface area contributed by atoms with Gasteiger partial charge in [0.15, 0.2) is 0 Å². The first-order valence-corrected chi connectivity index (χ1v) is 9.83. The van der Waals surface area contributed by atoms with Crippen molar-refractivity contribution in [3.8, 4) is 39.5 Å². The second kappa shape index (κ2) is 8.78. The Morgan fingerprint density at radius 1 is 0.567 bits per heavy atom. The van der Waals surface area contributed by atoms with Gasteiger partial charge in [-0.05, 0) is 29.8 Å².